The Labute approximate surface area is 127 Å². The molecule has 0 aliphatic heterocycles. The summed E-state index contributed by atoms with van der Waals surface area (Å²) in [7, 11) is 0. The summed E-state index contributed by atoms with van der Waals surface area (Å²) in [6.45, 7) is 13.9. The van der Waals surface area contributed by atoms with Crippen LogP contribution in [0.1, 0.15) is 38.1 Å². The minimum Gasteiger partial charge on any atom is -0.490 e. The zero-order chi connectivity index (χ0) is 15.8. The number of nitrogens with zero attached hydrogens (tertiary/aromatic N) is 1. The molecule has 0 saturated heterocycles. The number of benzene rings is 1. The van der Waals surface area contributed by atoms with Gasteiger partial charge < -0.3 is 14.4 Å². The number of hydrogen-bond donors (Lipinski definition) is 0. The minimum absolute atomic E-state index is 0.0236. The van der Waals surface area contributed by atoms with Crippen LogP contribution in [-0.2, 0) is 0 Å². The molecule has 0 atom stereocenters. The van der Waals surface area contributed by atoms with Crippen molar-refractivity contribution in [2.45, 2.75) is 27.7 Å². The molecule has 0 fully saturated rings. The van der Waals surface area contributed by atoms with Gasteiger partial charge in [0.25, 0.3) is 5.91 Å². The van der Waals surface area contributed by atoms with Crippen LogP contribution in [0.3, 0.4) is 0 Å². The van der Waals surface area contributed by atoms with Crippen LogP contribution in [0, 0.1) is 0 Å². The minimum atomic E-state index is -0.0236. The second-order valence-electron chi connectivity index (χ2n) is 4.80. The summed E-state index contributed by atoms with van der Waals surface area (Å²) in [5.74, 6) is 1.25. The largest absolute Gasteiger partial charge is 0.490 e. The molecular weight excluding hydrogens is 266 g/mol. The Bertz CT molecular complexity index is 497. The molecule has 21 heavy (non-hydrogen) atoms. The SMILES string of the molecule is C=C(C)CN(CC)C(=O)c1ccc(OCC)c(OCC)c1. The van der Waals surface area contributed by atoms with E-state index in [1.165, 1.54) is 0 Å². The predicted octanol–water partition coefficient (Wildman–Crippen LogP) is 3.52. The molecule has 4 nitrogen and oxygen atoms in total. The Morgan fingerprint density at radius 3 is 2.29 bits per heavy atom. The zero-order valence-electron chi connectivity index (χ0n) is 13.4. The van der Waals surface area contributed by atoms with Crippen molar-refractivity contribution in [1.82, 2.24) is 4.90 Å². The average Bonchev–Trinajstić information content (AvgIpc) is 2.46. The van der Waals surface area contributed by atoms with Crippen LogP contribution in [0.15, 0.2) is 30.4 Å². The molecule has 0 unspecified atom stereocenters. The van der Waals surface area contributed by atoms with Gasteiger partial charge in [0.2, 0.25) is 0 Å². The van der Waals surface area contributed by atoms with E-state index >= 15 is 0 Å². The van der Waals surface area contributed by atoms with Gasteiger partial charge in [-0.2, -0.15) is 0 Å². The molecule has 0 aliphatic carbocycles. The highest BCUT2D eigenvalue weighted by Crippen LogP contribution is 2.29. The molecule has 0 aliphatic rings. The zero-order valence-corrected chi connectivity index (χ0v) is 13.4. The highest BCUT2D eigenvalue weighted by atomic mass is 16.5. The molecule has 0 spiro atoms. The van der Waals surface area contributed by atoms with Crippen molar-refractivity contribution < 1.29 is 14.3 Å². The third kappa shape index (κ3) is 4.81. The van der Waals surface area contributed by atoms with E-state index in [1.54, 1.807) is 23.1 Å². The first kappa shape index (κ1) is 17.1. The van der Waals surface area contributed by atoms with E-state index < -0.39 is 0 Å². The van der Waals surface area contributed by atoms with Gasteiger partial charge in [0.05, 0.1) is 13.2 Å². The lowest BCUT2D eigenvalue weighted by atomic mass is 10.1. The van der Waals surface area contributed by atoms with Crippen molar-refractivity contribution in [2.75, 3.05) is 26.3 Å². The van der Waals surface area contributed by atoms with E-state index in [-0.39, 0.29) is 5.91 Å². The lowest BCUT2D eigenvalue weighted by Gasteiger charge is -2.21. The Hall–Kier alpha value is -1.97. The second kappa shape index (κ2) is 8.35. The summed E-state index contributed by atoms with van der Waals surface area (Å²) in [5.41, 5.74) is 1.56. The van der Waals surface area contributed by atoms with Gasteiger partial charge in [0.1, 0.15) is 0 Å². The molecule has 4 heteroatoms. The predicted molar refractivity (Wildman–Crippen MR) is 85.2 cm³/mol. The molecule has 1 amide bonds. The fourth-order valence-electron chi connectivity index (χ4n) is 2.02. The Morgan fingerprint density at radius 1 is 1.14 bits per heavy atom. The van der Waals surface area contributed by atoms with Gasteiger partial charge in [-0.1, -0.05) is 12.2 Å². The third-order valence-corrected chi connectivity index (χ3v) is 2.92. The molecular formula is C17H25NO3. The number of hydrogen-bond acceptors (Lipinski definition) is 3. The molecule has 0 heterocycles. The van der Waals surface area contributed by atoms with Gasteiger partial charge in [-0.25, -0.2) is 0 Å². The molecule has 1 rings (SSSR count). The van der Waals surface area contributed by atoms with Gasteiger partial charge in [0, 0.05) is 18.7 Å². The van der Waals surface area contributed by atoms with Crippen LogP contribution in [0.25, 0.3) is 0 Å². The normalized spacial score (nSPS) is 10.1. The van der Waals surface area contributed by atoms with Crippen molar-refractivity contribution in [2.24, 2.45) is 0 Å². The molecule has 0 radical (unpaired) electrons. The summed E-state index contributed by atoms with van der Waals surface area (Å²) in [5, 5.41) is 0. The maximum atomic E-state index is 12.5. The first-order chi connectivity index (χ1) is 10.0. The Morgan fingerprint density at radius 2 is 1.76 bits per heavy atom. The van der Waals surface area contributed by atoms with E-state index in [2.05, 4.69) is 6.58 Å². The molecule has 1 aromatic carbocycles. The molecule has 116 valence electrons. The average molecular weight is 291 g/mol. The number of ether oxygens (including phenoxy) is 2. The van der Waals surface area contributed by atoms with E-state index in [0.29, 0.717) is 43.4 Å². The standard InChI is InChI=1S/C17H25NO3/c1-6-18(12-13(4)5)17(19)14-9-10-15(20-7-2)16(11-14)21-8-3/h9-11H,4,6-8,12H2,1-3,5H3. The Balaban J connectivity index is 3.03. The van der Waals surface area contributed by atoms with E-state index in [4.69, 9.17) is 9.47 Å². The highest BCUT2D eigenvalue weighted by molar-refractivity contribution is 5.95. The lowest BCUT2D eigenvalue weighted by Crippen LogP contribution is -2.32. The van der Waals surface area contributed by atoms with Gasteiger partial charge in [-0.15, -0.1) is 0 Å². The number of likely N-dealkylation sites (N-methyl/N-ethyl adjacent to an activating group) is 1. The summed E-state index contributed by atoms with van der Waals surface area (Å²) in [4.78, 5) is 14.3. The van der Waals surface area contributed by atoms with E-state index in [9.17, 15) is 4.79 Å². The summed E-state index contributed by atoms with van der Waals surface area (Å²) in [6, 6.07) is 5.31. The maximum absolute atomic E-state index is 12.5. The van der Waals surface area contributed by atoms with E-state index in [0.717, 1.165) is 5.57 Å². The van der Waals surface area contributed by atoms with Gasteiger partial charge in [-0.05, 0) is 45.9 Å². The number of carbonyl (C=O) groups excluding carboxylic acids is 1. The van der Waals surface area contributed by atoms with Crippen LogP contribution in [0.4, 0.5) is 0 Å². The third-order valence-electron chi connectivity index (χ3n) is 2.92. The second-order valence-corrected chi connectivity index (χ2v) is 4.80. The van der Waals surface area contributed by atoms with Crippen molar-refractivity contribution in [3.63, 3.8) is 0 Å². The van der Waals surface area contributed by atoms with Crippen molar-refractivity contribution in [3.8, 4) is 11.5 Å². The summed E-state index contributed by atoms with van der Waals surface area (Å²) in [6.07, 6.45) is 0. The first-order valence-electron chi connectivity index (χ1n) is 7.36. The first-order valence-corrected chi connectivity index (χ1v) is 7.36. The van der Waals surface area contributed by atoms with Crippen molar-refractivity contribution >= 4 is 5.91 Å². The van der Waals surface area contributed by atoms with Crippen molar-refractivity contribution in [1.29, 1.82) is 0 Å². The van der Waals surface area contributed by atoms with Gasteiger partial charge in [-0.3, -0.25) is 4.79 Å². The number of carbonyl (C=O) groups is 1. The monoisotopic (exact) mass is 291 g/mol. The summed E-state index contributed by atoms with van der Waals surface area (Å²) < 4.78 is 11.1. The fourth-order valence-corrected chi connectivity index (χ4v) is 2.02. The Kier molecular flexibility index (Phi) is 6.79. The smallest absolute Gasteiger partial charge is 0.254 e. The molecule has 0 aromatic heterocycles. The van der Waals surface area contributed by atoms with Crippen LogP contribution in [0.5, 0.6) is 11.5 Å². The summed E-state index contributed by atoms with van der Waals surface area (Å²) >= 11 is 0. The topological polar surface area (TPSA) is 38.8 Å². The van der Waals surface area contributed by atoms with E-state index in [1.807, 2.05) is 27.7 Å². The van der Waals surface area contributed by atoms with Crippen LogP contribution < -0.4 is 9.47 Å². The van der Waals surface area contributed by atoms with Crippen LogP contribution >= 0.6 is 0 Å². The molecule has 0 bridgehead atoms. The molecule has 0 N–H and O–H groups in total. The van der Waals surface area contributed by atoms with Gasteiger partial charge >= 0.3 is 0 Å². The van der Waals surface area contributed by atoms with Crippen LogP contribution in [0.2, 0.25) is 0 Å². The maximum Gasteiger partial charge on any atom is 0.254 e. The fraction of sp³-hybridized carbons (Fsp3) is 0.471. The van der Waals surface area contributed by atoms with Crippen LogP contribution in [-0.4, -0.2) is 37.1 Å². The lowest BCUT2D eigenvalue weighted by molar-refractivity contribution is 0.0778. The van der Waals surface area contributed by atoms with Gasteiger partial charge in [0.15, 0.2) is 11.5 Å². The quantitative estimate of drug-likeness (QED) is 0.688. The number of rotatable bonds is 8. The molecule has 1 aromatic rings. The number of amides is 1. The van der Waals surface area contributed by atoms with Crippen molar-refractivity contribution in [3.05, 3.63) is 35.9 Å². The molecule has 0 saturated carbocycles. The highest BCUT2D eigenvalue weighted by Gasteiger charge is 2.16.